The number of hydrogen-bond donors (Lipinski definition) is 1. The predicted octanol–water partition coefficient (Wildman–Crippen LogP) is 1.84. The maximum atomic E-state index is 5.43. The zero-order valence-electron chi connectivity index (χ0n) is 8.49. The molecule has 0 aliphatic heterocycles. The fourth-order valence-corrected chi connectivity index (χ4v) is 1.14. The van der Waals surface area contributed by atoms with Crippen molar-refractivity contribution in [2.45, 2.75) is 13.3 Å². The highest BCUT2D eigenvalue weighted by Gasteiger charge is 1.99. The summed E-state index contributed by atoms with van der Waals surface area (Å²) in [6.07, 6.45) is 2.49. The molecule has 0 atom stereocenters. The standard InChI is InChI=1S/C11H16N2O/c1-3-14-10-4-5-11(13-8-10)9(2)6-7-12/h4-5,8H,2-3,6-7,12H2,1H3. The molecule has 0 amide bonds. The van der Waals surface area contributed by atoms with E-state index in [2.05, 4.69) is 11.6 Å². The minimum absolute atomic E-state index is 0.605. The van der Waals surface area contributed by atoms with Gasteiger partial charge in [0.05, 0.1) is 18.5 Å². The van der Waals surface area contributed by atoms with Crippen LogP contribution in [0, 0.1) is 0 Å². The van der Waals surface area contributed by atoms with Gasteiger partial charge in [-0.25, -0.2) is 0 Å². The van der Waals surface area contributed by atoms with Gasteiger partial charge in [0.15, 0.2) is 0 Å². The molecule has 1 aromatic rings. The van der Waals surface area contributed by atoms with Crippen LogP contribution in [0.1, 0.15) is 19.0 Å². The Bertz CT molecular complexity index is 293. The van der Waals surface area contributed by atoms with E-state index in [4.69, 9.17) is 10.5 Å². The third-order valence-corrected chi connectivity index (χ3v) is 1.86. The van der Waals surface area contributed by atoms with Gasteiger partial charge >= 0.3 is 0 Å². The van der Waals surface area contributed by atoms with E-state index in [9.17, 15) is 0 Å². The average molecular weight is 192 g/mol. The molecule has 0 saturated carbocycles. The molecule has 0 unspecified atom stereocenters. The van der Waals surface area contributed by atoms with E-state index < -0.39 is 0 Å². The van der Waals surface area contributed by atoms with Crippen molar-refractivity contribution in [3.05, 3.63) is 30.6 Å². The van der Waals surface area contributed by atoms with E-state index >= 15 is 0 Å². The Kier molecular flexibility index (Phi) is 4.13. The van der Waals surface area contributed by atoms with Crippen LogP contribution in [-0.2, 0) is 0 Å². The van der Waals surface area contributed by atoms with Crippen LogP contribution in [0.25, 0.3) is 5.57 Å². The van der Waals surface area contributed by atoms with Gasteiger partial charge in [-0.3, -0.25) is 4.98 Å². The molecule has 1 aromatic heterocycles. The van der Waals surface area contributed by atoms with Crippen molar-refractivity contribution < 1.29 is 4.74 Å². The minimum Gasteiger partial charge on any atom is -0.492 e. The Morgan fingerprint density at radius 1 is 1.57 bits per heavy atom. The van der Waals surface area contributed by atoms with Crippen LogP contribution in [0.4, 0.5) is 0 Å². The fraction of sp³-hybridized carbons (Fsp3) is 0.364. The van der Waals surface area contributed by atoms with Crippen molar-refractivity contribution in [3.8, 4) is 5.75 Å². The number of nitrogens with two attached hydrogens (primary N) is 1. The Morgan fingerprint density at radius 3 is 2.86 bits per heavy atom. The minimum atomic E-state index is 0.605. The second kappa shape index (κ2) is 5.40. The van der Waals surface area contributed by atoms with Gasteiger partial charge in [0.25, 0.3) is 0 Å². The molecule has 76 valence electrons. The van der Waals surface area contributed by atoms with Gasteiger partial charge in [-0.15, -0.1) is 0 Å². The summed E-state index contributed by atoms with van der Waals surface area (Å²) in [6, 6.07) is 3.80. The molecule has 3 nitrogen and oxygen atoms in total. The number of hydrogen-bond acceptors (Lipinski definition) is 3. The number of nitrogens with zero attached hydrogens (tertiary/aromatic N) is 1. The quantitative estimate of drug-likeness (QED) is 0.774. The first-order chi connectivity index (χ1) is 6.77. The molecule has 0 aromatic carbocycles. The highest BCUT2D eigenvalue weighted by molar-refractivity contribution is 5.60. The van der Waals surface area contributed by atoms with E-state index in [-0.39, 0.29) is 0 Å². The van der Waals surface area contributed by atoms with Gasteiger partial charge in [0, 0.05) is 0 Å². The maximum Gasteiger partial charge on any atom is 0.137 e. The van der Waals surface area contributed by atoms with Gasteiger partial charge in [-0.2, -0.15) is 0 Å². The van der Waals surface area contributed by atoms with Crippen LogP contribution in [0.3, 0.4) is 0 Å². The Morgan fingerprint density at radius 2 is 2.36 bits per heavy atom. The third-order valence-electron chi connectivity index (χ3n) is 1.86. The van der Waals surface area contributed by atoms with Crippen molar-refractivity contribution in [3.63, 3.8) is 0 Å². The van der Waals surface area contributed by atoms with Crippen LogP contribution in [0.2, 0.25) is 0 Å². The molecule has 2 N–H and O–H groups in total. The van der Waals surface area contributed by atoms with E-state index in [1.54, 1.807) is 6.20 Å². The lowest BCUT2D eigenvalue weighted by Crippen LogP contribution is -2.00. The molecule has 1 rings (SSSR count). The van der Waals surface area contributed by atoms with Crippen LogP contribution < -0.4 is 10.5 Å². The summed E-state index contributed by atoms with van der Waals surface area (Å²) < 4.78 is 5.28. The predicted molar refractivity (Wildman–Crippen MR) is 58.1 cm³/mol. The van der Waals surface area contributed by atoms with E-state index in [0.717, 1.165) is 23.4 Å². The summed E-state index contributed by atoms with van der Waals surface area (Å²) in [5.74, 6) is 0.789. The van der Waals surface area contributed by atoms with Gasteiger partial charge in [0.1, 0.15) is 5.75 Å². The Labute approximate surface area is 84.6 Å². The van der Waals surface area contributed by atoms with E-state index in [0.29, 0.717) is 13.2 Å². The van der Waals surface area contributed by atoms with Crippen molar-refractivity contribution >= 4 is 5.57 Å². The van der Waals surface area contributed by atoms with Crippen molar-refractivity contribution in [2.75, 3.05) is 13.2 Å². The molecule has 3 heteroatoms. The fourth-order valence-electron chi connectivity index (χ4n) is 1.14. The summed E-state index contributed by atoms with van der Waals surface area (Å²) in [5, 5.41) is 0. The van der Waals surface area contributed by atoms with Crippen LogP contribution in [0.5, 0.6) is 5.75 Å². The zero-order valence-corrected chi connectivity index (χ0v) is 8.49. The van der Waals surface area contributed by atoms with Crippen LogP contribution in [-0.4, -0.2) is 18.1 Å². The Hall–Kier alpha value is -1.35. The SMILES string of the molecule is C=C(CCN)c1ccc(OCC)cn1. The lowest BCUT2D eigenvalue weighted by Gasteiger charge is -2.05. The van der Waals surface area contributed by atoms with E-state index in [1.807, 2.05) is 19.1 Å². The van der Waals surface area contributed by atoms with Gasteiger partial charge in [-0.1, -0.05) is 6.58 Å². The molecule has 0 aliphatic carbocycles. The first-order valence-electron chi connectivity index (χ1n) is 4.75. The van der Waals surface area contributed by atoms with Crippen molar-refractivity contribution in [2.24, 2.45) is 5.73 Å². The number of rotatable bonds is 5. The summed E-state index contributed by atoms with van der Waals surface area (Å²) in [4.78, 5) is 4.24. The molecule has 0 saturated heterocycles. The van der Waals surface area contributed by atoms with Crippen molar-refractivity contribution in [1.82, 2.24) is 4.98 Å². The van der Waals surface area contributed by atoms with Crippen molar-refractivity contribution in [1.29, 1.82) is 0 Å². The molecule has 0 radical (unpaired) electrons. The zero-order chi connectivity index (χ0) is 10.4. The molecule has 0 aliphatic rings. The first-order valence-corrected chi connectivity index (χ1v) is 4.75. The lowest BCUT2D eigenvalue weighted by molar-refractivity contribution is 0.339. The monoisotopic (exact) mass is 192 g/mol. The average Bonchev–Trinajstić information content (AvgIpc) is 2.20. The number of ether oxygens (including phenoxy) is 1. The first kappa shape index (κ1) is 10.7. The molecule has 0 spiro atoms. The Balaban J connectivity index is 2.67. The lowest BCUT2D eigenvalue weighted by atomic mass is 10.1. The van der Waals surface area contributed by atoms with Gasteiger partial charge in [0.2, 0.25) is 0 Å². The van der Waals surface area contributed by atoms with E-state index in [1.165, 1.54) is 0 Å². The number of aromatic nitrogens is 1. The summed E-state index contributed by atoms with van der Waals surface area (Å²) in [5.41, 5.74) is 7.29. The second-order valence-electron chi connectivity index (χ2n) is 2.95. The normalized spacial score (nSPS) is 9.86. The molecule has 0 bridgehead atoms. The summed E-state index contributed by atoms with van der Waals surface area (Å²) in [7, 11) is 0. The highest BCUT2D eigenvalue weighted by Crippen LogP contribution is 2.16. The topological polar surface area (TPSA) is 48.1 Å². The largest absolute Gasteiger partial charge is 0.492 e. The highest BCUT2D eigenvalue weighted by atomic mass is 16.5. The maximum absolute atomic E-state index is 5.43. The smallest absolute Gasteiger partial charge is 0.137 e. The van der Waals surface area contributed by atoms with Gasteiger partial charge < -0.3 is 10.5 Å². The van der Waals surface area contributed by atoms with Crippen LogP contribution in [0.15, 0.2) is 24.9 Å². The molecule has 0 fully saturated rings. The second-order valence-corrected chi connectivity index (χ2v) is 2.95. The van der Waals surface area contributed by atoms with Crippen LogP contribution >= 0.6 is 0 Å². The molecule has 1 heterocycles. The molecular formula is C11H16N2O. The summed E-state index contributed by atoms with van der Waals surface area (Å²) >= 11 is 0. The third kappa shape index (κ3) is 2.85. The summed E-state index contributed by atoms with van der Waals surface area (Å²) in [6.45, 7) is 7.12. The molecular weight excluding hydrogens is 176 g/mol. The molecule has 14 heavy (non-hydrogen) atoms. The number of pyridine rings is 1. The van der Waals surface area contributed by atoms with Gasteiger partial charge in [-0.05, 0) is 37.6 Å².